The fourth-order valence-electron chi connectivity index (χ4n) is 2.88. The molecule has 24 heavy (non-hydrogen) atoms. The molecule has 1 fully saturated rings. The lowest BCUT2D eigenvalue weighted by atomic mass is 10.0. The summed E-state index contributed by atoms with van der Waals surface area (Å²) in [4.78, 5) is 14.8. The highest BCUT2D eigenvalue weighted by molar-refractivity contribution is 7.91. The van der Waals surface area contributed by atoms with Gasteiger partial charge in [0.1, 0.15) is 6.04 Å². The number of nitrogens with zero attached hydrogens (tertiary/aromatic N) is 1. The van der Waals surface area contributed by atoms with Crippen molar-refractivity contribution < 1.29 is 13.2 Å². The van der Waals surface area contributed by atoms with Gasteiger partial charge >= 0.3 is 0 Å². The number of benzene rings is 2. The van der Waals surface area contributed by atoms with Crippen LogP contribution < -0.4 is 5.32 Å². The quantitative estimate of drug-likeness (QED) is 0.922. The highest BCUT2D eigenvalue weighted by Crippen LogP contribution is 2.24. The van der Waals surface area contributed by atoms with Crippen molar-refractivity contribution in [3.63, 3.8) is 0 Å². The molecule has 2 aromatic carbocycles. The number of amides is 1. The summed E-state index contributed by atoms with van der Waals surface area (Å²) in [5.41, 5.74) is 1.60. The molecular weight excluding hydrogens is 324 g/mol. The molecule has 2 aromatic rings. The van der Waals surface area contributed by atoms with E-state index in [1.807, 2.05) is 65.6 Å². The van der Waals surface area contributed by atoms with Gasteiger partial charge in [0.05, 0.1) is 11.5 Å². The van der Waals surface area contributed by atoms with E-state index in [-0.39, 0.29) is 17.4 Å². The van der Waals surface area contributed by atoms with Crippen LogP contribution in [-0.4, -0.2) is 43.8 Å². The molecule has 0 aliphatic carbocycles. The fraction of sp³-hybridized carbons (Fsp3) is 0.278. The lowest BCUT2D eigenvalue weighted by Crippen LogP contribution is -2.46. The number of anilines is 1. The molecule has 1 heterocycles. The largest absolute Gasteiger partial charge is 0.324 e. The van der Waals surface area contributed by atoms with Crippen LogP contribution in [0.1, 0.15) is 11.6 Å². The highest BCUT2D eigenvalue weighted by Gasteiger charge is 2.32. The second-order valence-electron chi connectivity index (χ2n) is 5.86. The number of para-hydroxylation sites is 1. The fourth-order valence-corrected chi connectivity index (χ4v) is 4.11. The Kier molecular flexibility index (Phi) is 4.97. The third kappa shape index (κ3) is 4.01. The van der Waals surface area contributed by atoms with Gasteiger partial charge in [0.25, 0.3) is 0 Å². The molecule has 5 nitrogen and oxygen atoms in total. The van der Waals surface area contributed by atoms with Crippen LogP contribution in [0, 0.1) is 0 Å². The topological polar surface area (TPSA) is 66.5 Å². The monoisotopic (exact) mass is 344 g/mol. The zero-order chi connectivity index (χ0) is 17.0. The van der Waals surface area contributed by atoms with Crippen LogP contribution in [0.5, 0.6) is 0 Å². The maximum Gasteiger partial charge on any atom is 0.246 e. The van der Waals surface area contributed by atoms with Gasteiger partial charge in [-0.15, -0.1) is 0 Å². The molecular formula is C18H20N2O3S. The van der Waals surface area contributed by atoms with E-state index in [9.17, 15) is 13.2 Å². The summed E-state index contributed by atoms with van der Waals surface area (Å²) in [6.07, 6.45) is 0. The number of carbonyl (C=O) groups excluding carboxylic acids is 1. The molecule has 1 aliphatic heterocycles. The number of hydrogen-bond donors (Lipinski definition) is 1. The van der Waals surface area contributed by atoms with Crippen molar-refractivity contribution in [1.29, 1.82) is 0 Å². The van der Waals surface area contributed by atoms with Gasteiger partial charge in [-0.2, -0.15) is 0 Å². The normalized spacial score (nSPS) is 18.7. The Balaban J connectivity index is 1.84. The lowest BCUT2D eigenvalue weighted by Gasteiger charge is -2.33. The van der Waals surface area contributed by atoms with Crippen LogP contribution >= 0.6 is 0 Å². The molecule has 6 heteroatoms. The number of carbonyl (C=O) groups is 1. The summed E-state index contributed by atoms with van der Waals surface area (Å²) in [5, 5.41) is 2.93. The Labute approximate surface area is 142 Å². The Morgan fingerprint density at radius 1 is 0.917 bits per heavy atom. The first kappa shape index (κ1) is 16.7. The average Bonchev–Trinajstić information content (AvgIpc) is 2.58. The van der Waals surface area contributed by atoms with Gasteiger partial charge in [0, 0.05) is 18.8 Å². The van der Waals surface area contributed by atoms with E-state index in [1.54, 1.807) is 0 Å². The molecule has 0 aromatic heterocycles. The summed E-state index contributed by atoms with van der Waals surface area (Å²) in [6.45, 7) is 0.730. The molecule has 0 spiro atoms. The van der Waals surface area contributed by atoms with Crippen molar-refractivity contribution in [2.75, 3.05) is 29.9 Å². The van der Waals surface area contributed by atoms with Crippen molar-refractivity contribution in [3.05, 3.63) is 66.2 Å². The van der Waals surface area contributed by atoms with Crippen LogP contribution in [0.3, 0.4) is 0 Å². The molecule has 0 radical (unpaired) electrons. The van der Waals surface area contributed by atoms with Gasteiger partial charge in [0.2, 0.25) is 5.91 Å². The molecule has 0 saturated carbocycles. The van der Waals surface area contributed by atoms with Crippen LogP contribution in [0.2, 0.25) is 0 Å². The number of nitrogens with one attached hydrogen (secondary N) is 1. The third-order valence-electron chi connectivity index (χ3n) is 4.15. The Hall–Kier alpha value is -2.18. The van der Waals surface area contributed by atoms with Crippen molar-refractivity contribution in [3.8, 4) is 0 Å². The van der Waals surface area contributed by atoms with Crippen LogP contribution in [-0.2, 0) is 14.6 Å². The molecule has 1 atom stereocenters. The molecule has 1 amide bonds. The number of hydrogen-bond acceptors (Lipinski definition) is 4. The second-order valence-corrected chi connectivity index (χ2v) is 8.16. The minimum absolute atomic E-state index is 0.0922. The maximum atomic E-state index is 12.9. The van der Waals surface area contributed by atoms with Crippen molar-refractivity contribution >= 4 is 21.4 Å². The van der Waals surface area contributed by atoms with Crippen molar-refractivity contribution in [2.45, 2.75) is 6.04 Å². The zero-order valence-electron chi connectivity index (χ0n) is 13.3. The lowest BCUT2D eigenvalue weighted by molar-refractivity contribution is -0.121. The van der Waals surface area contributed by atoms with E-state index in [1.165, 1.54) is 0 Å². The average molecular weight is 344 g/mol. The molecule has 0 bridgehead atoms. The first-order valence-electron chi connectivity index (χ1n) is 7.90. The second kappa shape index (κ2) is 7.15. The maximum absolute atomic E-state index is 12.9. The first-order valence-corrected chi connectivity index (χ1v) is 9.73. The third-order valence-corrected chi connectivity index (χ3v) is 5.76. The van der Waals surface area contributed by atoms with E-state index < -0.39 is 15.9 Å². The minimum atomic E-state index is -2.99. The summed E-state index contributed by atoms with van der Waals surface area (Å²) in [5.74, 6) is 0.0378. The van der Waals surface area contributed by atoms with Crippen molar-refractivity contribution in [1.82, 2.24) is 4.90 Å². The van der Waals surface area contributed by atoms with E-state index in [4.69, 9.17) is 0 Å². The Morgan fingerprint density at radius 3 is 2.04 bits per heavy atom. The van der Waals surface area contributed by atoms with E-state index >= 15 is 0 Å². The van der Waals surface area contributed by atoms with Gasteiger partial charge in [-0.1, -0.05) is 48.5 Å². The summed E-state index contributed by atoms with van der Waals surface area (Å²) >= 11 is 0. The van der Waals surface area contributed by atoms with Crippen LogP contribution in [0.25, 0.3) is 0 Å². The first-order chi connectivity index (χ1) is 11.6. The number of rotatable bonds is 4. The van der Waals surface area contributed by atoms with Crippen LogP contribution in [0.15, 0.2) is 60.7 Å². The molecule has 1 aliphatic rings. The van der Waals surface area contributed by atoms with Gasteiger partial charge in [-0.25, -0.2) is 8.42 Å². The standard InChI is InChI=1S/C18H20N2O3S/c21-18(19-16-9-5-2-6-10-16)17(15-7-3-1-4-8-15)20-11-13-24(22,23)14-12-20/h1-10,17H,11-14H2,(H,19,21)/t17-/m1/s1. The summed E-state index contributed by atoms with van der Waals surface area (Å²) in [6, 6.07) is 18.3. The number of sulfone groups is 1. The molecule has 1 N–H and O–H groups in total. The van der Waals surface area contributed by atoms with E-state index in [0.29, 0.717) is 13.1 Å². The zero-order valence-corrected chi connectivity index (χ0v) is 14.1. The van der Waals surface area contributed by atoms with Crippen molar-refractivity contribution in [2.24, 2.45) is 0 Å². The SMILES string of the molecule is O=C(Nc1ccccc1)[C@@H](c1ccccc1)N1CCS(=O)(=O)CC1. The predicted octanol–water partition coefficient (Wildman–Crippen LogP) is 2.10. The van der Waals surface area contributed by atoms with Gasteiger partial charge in [-0.3, -0.25) is 9.69 Å². The predicted molar refractivity (Wildman–Crippen MR) is 94.5 cm³/mol. The molecule has 1 saturated heterocycles. The molecule has 3 rings (SSSR count). The summed E-state index contributed by atoms with van der Waals surface area (Å²) < 4.78 is 23.4. The van der Waals surface area contributed by atoms with Gasteiger partial charge < -0.3 is 5.32 Å². The Morgan fingerprint density at radius 2 is 1.46 bits per heavy atom. The van der Waals surface area contributed by atoms with Gasteiger partial charge in [0.15, 0.2) is 9.84 Å². The van der Waals surface area contributed by atoms with Gasteiger partial charge in [-0.05, 0) is 17.7 Å². The highest BCUT2D eigenvalue weighted by atomic mass is 32.2. The molecule has 0 unspecified atom stereocenters. The molecule has 126 valence electrons. The van der Waals surface area contributed by atoms with Crippen LogP contribution in [0.4, 0.5) is 5.69 Å². The van der Waals surface area contributed by atoms with E-state index in [0.717, 1.165) is 11.3 Å². The minimum Gasteiger partial charge on any atom is -0.324 e. The van der Waals surface area contributed by atoms with E-state index in [2.05, 4.69) is 5.32 Å². The summed E-state index contributed by atoms with van der Waals surface area (Å²) in [7, 11) is -2.99. The smallest absolute Gasteiger partial charge is 0.246 e. The Bertz CT molecular complexity index is 778.